The Hall–Kier alpha value is -2.42. The Kier molecular flexibility index (Phi) is 4.38. The van der Waals surface area contributed by atoms with E-state index in [-0.39, 0.29) is 23.6 Å². The Morgan fingerprint density at radius 3 is 2.78 bits per heavy atom. The highest BCUT2D eigenvalue weighted by molar-refractivity contribution is 5.94. The smallest absolute Gasteiger partial charge is 0.273 e. The van der Waals surface area contributed by atoms with Crippen LogP contribution < -0.4 is 0 Å². The number of hydrogen-bond acceptors (Lipinski definition) is 4. The van der Waals surface area contributed by atoms with Gasteiger partial charge in [0.2, 0.25) is 0 Å². The number of nitro groups is 1. The van der Waals surface area contributed by atoms with Gasteiger partial charge < -0.3 is 4.90 Å². The first-order valence-corrected chi connectivity index (χ1v) is 5.35. The average molecular weight is 247 g/mol. The molecule has 0 aliphatic heterocycles. The Balaban J connectivity index is 2.97. The highest BCUT2D eigenvalue weighted by Crippen LogP contribution is 2.20. The van der Waals surface area contributed by atoms with Gasteiger partial charge >= 0.3 is 0 Å². The van der Waals surface area contributed by atoms with Gasteiger partial charge in [-0.1, -0.05) is 6.07 Å². The van der Waals surface area contributed by atoms with Crippen molar-refractivity contribution >= 4 is 11.6 Å². The number of nitrogens with zero attached hydrogens (tertiary/aromatic N) is 3. The zero-order valence-corrected chi connectivity index (χ0v) is 10.2. The van der Waals surface area contributed by atoms with E-state index >= 15 is 0 Å². The van der Waals surface area contributed by atoms with Gasteiger partial charge in [0, 0.05) is 30.8 Å². The van der Waals surface area contributed by atoms with Gasteiger partial charge in [0.15, 0.2) is 0 Å². The topological polar surface area (TPSA) is 87.2 Å². The van der Waals surface area contributed by atoms with Gasteiger partial charge in [-0.15, -0.1) is 0 Å². The third-order valence-corrected chi connectivity index (χ3v) is 2.56. The molecular formula is C12H13N3O3. The first-order valence-electron chi connectivity index (χ1n) is 5.35. The van der Waals surface area contributed by atoms with Crippen molar-refractivity contribution in [1.82, 2.24) is 4.90 Å². The first kappa shape index (κ1) is 13.6. The Labute approximate surface area is 105 Å². The minimum atomic E-state index is -0.513. The maximum atomic E-state index is 11.9. The molecule has 1 rings (SSSR count). The van der Waals surface area contributed by atoms with Crippen molar-refractivity contribution < 1.29 is 9.72 Å². The summed E-state index contributed by atoms with van der Waals surface area (Å²) < 4.78 is 0. The molecule has 0 aromatic heterocycles. The molecule has 0 bridgehead atoms. The second-order valence-corrected chi connectivity index (χ2v) is 3.89. The van der Waals surface area contributed by atoms with E-state index in [1.807, 2.05) is 6.07 Å². The molecule has 0 aliphatic carbocycles. The molecule has 1 aromatic carbocycles. The van der Waals surface area contributed by atoms with Crippen molar-refractivity contribution in [3.8, 4) is 6.07 Å². The van der Waals surface area contributed by atoms with Gasteiger partial charge in [0.25, 0.3) is 11.6 Å². The van der Waals surface area contributed by atoms with Gasteiger partial charge in [0.1, 0.15) is 0 Å². The molecule has 0 atom stereocenters. The predicted molar refractivity (Wildman–Crippen MR) is 65.0 cm³/mol. The monoisotopic (exact) mass is 247 g/mol. The molecule has 18 heavy (non-hydrogen) atoms. The van der Waals surface area contributed by atoms with Crippen LogP contribution in [0.1, 0.15) is 22.3 Å². The van der Waals surface area contributed by atoms with Crippen LogP contribution in [-0.2, 0) is 0 Å². The highest BCUT2D eigenvalue weighted by atomic mass is 16.6. The van der Waals surface area contributed by atoms with Crippen molar-refractivity contribution in [2.45, 2.75) is 13.3 Å². The van der Waals surface area contributed by atoms with E-state index in [4.69, 9.17) is 5.26 Å². The second kappa shape index (κ2) is 5.77. The summed E-state index contributed by atoms with van der Waals surface area (Å²) in [6.45, 7) is 1.92. The number of amides is 1. The minimum Gasteiger partial charge on any atom is -0.341 e. The Bertz CT molecular complexity index is 520. The molecular weight excluding hydrogens is 234 g/mol. The van der Waals surface area contributed by atoms with Gasteiger partial charge in [-0.25, -0.2) is 0 Å². The molecule has 6 nitrogen and oxygen atoms in total. The van der Waals surface area contributed by atoms with Gasteiger partial charge in [-0.05, 0) is 13.0 Å². The molecule has 0 heterocycles. The van der Waals surface area contributed by atoms with E-state index < -0.39 is 4.92 Å². The lowest BCUT2D eigenvalue weighted by atomic mass is 10.1. The first-order chi connectivity index (χ1) is 8.47. The van der Waals surface area contributed by atoms with Crippen LogP contribution in [0.5, 0.6) is 0 Å². The van der Waals surface area contributed by atoms with Crippen molar-refractivity contribution in [3.63, 3.8) is 0 Å². The number of aryl methyl sites for hydroxylation is 1. The van der Waals surface area contributed by atoms with E-state index in [0.29, 0.717) is 12.1 Å². The van der Waals surface area contributed by atoms with Crippen LogP contribution in [0.3, 0.4) is 0 Å². The van der Waals surface area contributed by atoms with Gasteiger partial charge in [-0.2, -0.15) is 5.26 Å². The van der Waals surface area contributed by atoms with Crippen molar-refractivity contribution in [3.05, 3.63) is 39.4 Å². The van der Waals surface area contributed by atoms with Crippen LogP contribution in [0.2, 0.25) is 0 Å². The van der Waals surface area contributed by atoms with Crippen LogP contribution >= 0.6 is 0 Å². The Morgan fingerprint density at radius 2 is 2.22 bits per heavy atom. The van der Waals surface area contributed by atoms with Gasteiger partial charge in [-0.3, -0.25) is 14.9 Å². The molecule has 0 radical (unpaired) electrons. The number of benzene rings is 1. The molecule has 0 aliphatic rings. The van der Waals surface area contributed by atoms with E-state index in [2.05, 4.69) is 0 Å². The molecule has 0 fully saturated rings. The number of carbonyl (C=O) groups is 1. The zero-order valence-electron chi connectivity index (χ0n) is 10.2. The largest absolute Gasteiger partial charge is 0.341 e. The van der Waals surface area contributed by atoms with Crippen LogP contribution in [0.25, 0.3) is 0 Å². The lowest BCUT2D eigenvalue weighted by Crippen LogP contribution is -2.27. The molecule has 0 saturated carbocycles. The molecule has 94 valence electrons. The average Bonchev–Trinajstić information content (AvgIpc) is 2.35. The molecule has 0 saturated heterocycles. The lowest BCUT2D eigenvalue weighted by molar-refractivity contribution is -0.385. The fourth-order valence-electron chi connectivity index (χ4n) is 1.48. The van der Waals surface area contributed by atoms with Crippen LogP contribution in [0, 0.1) is 28.4 Å². The van der Waals surface area contributed by atoms with Crippen LogP contribution in [0.4, 0.5) is 5.69 Å². The van der Waals surface area contributed by atoms with Crippen LogP contribution in [0.15, 0.2) is 18.2 Å². The zero-order chi connectivity index (χ0) is 13.7. The summed E-state index contributed by atoms with van der Waals surface area (Å²) in [6.07, 6.45) is 0.232. The molecule has 0 unspecified atom stereocenters. The maximum absolute atomic E-state index is 11.9. The quantitative estimate of drug-likeness (QED) is 0.600. The molecule has 1 aromatic rings. The maximum Gasteiger partial charge on any atom is 0.273 e. The molecule has 6 heteroatoms. The number of nitro benzene ring substituents is 1. The molecule has 0 spiro atoms. The van der Waals surface area contributed by atoms with E-state index in [1.54, 1.807) is 26.1 Å². The minimum absolute atomic E-state index is 0.0745. The van der Waals surface area contributed by atoms with Crippen LogP contribution in [-0.4, -0.2) is 29.3 Å². The van der Waals surface area contributed by atoms with Crippen molar-refractivity contribution in [1.29, 1.82) is 5.26 Å². The SMILES string of the molecule is Cc1ccc(C(=O)N(C)CCC#N)cc1[N+](=O)[O-]. The summed E-state index contributed by atoms with van der Waals surface area (Å²) in [5.41, 5.74) is 0.693. The summed E-state index contributed by atoms with van der Waals surface area (Å²) >= 11 is 0. The number of hydrogen-bond donors (Lipinski definition) is 0. The third kappa shape index (κ3) is 3.04. The molecule has 0 N–H and O–H groups in total. The van der Waals surface area contributed by atoms with E-state index in [9.17, 15) is 14.9 Å². The third-order valence-electron chi connectivity index (χ3n) is 2.56. The summed E-state index contributed by atoms with van der Waals surface area (Å²) in [5, 5.41) is 19.2. The summed E-state index contributed by atoms with van der Waals surface area (Å²) in [6, 6.07) is 6.30. The van der Waals surface area contributed by atoms with Crippen molar-refractivity contribution in [2.75, 3.05) is 13.6 Å². The summed E-state index contributed by atoms with van der Waals surface area (Å²) in [7, 11) is 1.56. The van der Waals surface area contributed by atoms with E-state index in [0.717, 1.165) is 0 Å². The highest BCUT2D eigenvalue weighted by Gasteiger charge is 2.17. The Morgan fingerprint density at radius 1 is 1.56 bits per heavy atom. The summed E-state index contributed by atoms with van der Waals surface area (Å²) in [4.78, 5) is 23.6. The van der Waals surface area contributed by atoms with Gasteiger partial charge in [0.05, 0.1) is 17.4 Å². The number of nitriles is 1. The van der Waals surface area contributed by atoms with Crippen molar-refractivity contribution in [2.24, 2.45) is 0 Å². The second-order valence-electron chi connectivity index (χ2n) is 3.89. The lowest BCUT2D eigenvalue weighted by Gasteiger charge is -2.15. The normalized spacial score (nSPS) is 9.61. The number of rotatable bonds is 4. The fourth-order valence-corrected chi connectivity index (χ4v) is 1.48. The molecule has 1 amide bonds. The van der Waals surface area contributed by atoms with E-state index in [1.165, 1.54) is 11.0 Å². The predicted octanol–water partition coefficient (Wildman–Crippen LogP) is 1.89. The number of carbonyl (C=O) groups excluding carboxylic acids is 1. The standard InChI is InChI=1S/C12H13N3O3/c1-9-4-5-10(8-11(9)15(17)18)12(16)14(2)7-3-6-13/h4-5,8H,3,7H2,1-2H3. The fraction of sp³-hybridized carbons (Fsp3) is 0.333. The summed E-state index contributed by atoms with van der Waals surface area (Å²) in [5.74, 6) is -0.326.